The van der Waals surface area contributed by atoms with E-state index < -0.39 is 5.41 Å². The molecule has 0 aliphatic carbocycles. The van der Waals surface area contributed by atoms with Gasteiger partial charge in [0.15, 0.2) is 6.73 Å². The van der Waals surface area contributed by atoms with Crippen molar-refractivity contribution < 1.29 is 14.3 Å². The lowest BCUT2D eigenvalue weighted by molar-refractivity contribution is -0.156. The lowest BCUT2D eigenvalue weighted by Crippen LogP contribution is -2.45. The number of aromatic nitrogens is 3. The highest BCUT2D eigenvalue weighted by atomic mass is 16.5. The van der Waals surface area contributed by atoms with Crippen LogP contribution in [0.15, 0.2) is 29.1 Å². The van der Waals surface area contributed by atoms with E-state index in [4.69, 9.17) is 4.74 Å². The van der Waals surface area contributed by atoms with E-state index >= 15 is 0 Å². The Morgan fingerprint density at radius 3 is 2.52 bits per heavy atom. The summed E-state index contributed by atoms with van der Waals surface area (Å²) in [4.78, 5) is 38.8. The number of nitrogens with zero attached hydrogens (tertiary/aromatic N) is 4. The molecule has 1 aliphatic heterocycles. The molecule has 1 amide bonds. The Hall–Kier alpha value is -2.77. The molecule has 0 unspecified atom stereocenters. The molecule has 0 N–H and O–H groups in total. The molecule has 8 nitrogen and oxygen atoms in total. The average Bonchev–Trinajstić information content (AvgIpc) is 2.66. The van der Waals surface area contributed by atoms with Crippen LogP contribution in [0.5, 0.6) is 0 Å². The number of likely N-dealkylation sites (tertiary alicyclic amines) is 1. The molecule has 1 aromatic carbocycles. The Kier molecular flexibility index (Phi) is 5.25. The van der Waals surface area contributed by atoms with Gasteiger partial charge in [-0.05, 0) is 25.0 Å². The molecule has 2 heterocycles. The third kappa shape index (κ3) is 4.15. The molecule has 8 heteroatoms. The molecule has 27 heavy (non-hydrogen) atoms. The van der Waals surface area contributed by atoms with E-state index in [9.17, 15) is 14.4 Å². The van der Waals surface area contributed by atoms with Crippen LogP contribution in [0.25, 0.3) is 10.9 Å². The number of ether oxygens (including phenoxy) is 1. The van der Waals surface area contributed by atoms with Gasteiger partial charge in [0.25, 0.3) is 5.56 Å². The standard InChI is InChI=1S/C19H24N4O4/c1-19(2,3)18(26)22-10-8-13(9-11-22)17(25)27-12-23-16(24)14-6-4-5-7-15(14)20-21-23/h4-7,13H,8-12H2,1-3H3. The number of piperidine rings is 1. The summed E-state index contributed by atoms with van der Waals surface area (Å²) in [5, 5.41) is 8.20. The molecule has 1 aliphatic rings. The highest BCUT2D eigenvalue weighted by molar-refractivity contribution is 5.82. The molecule has 3 rings (SSSR count). The van der Waals surface area contributed by atoms with Gasteiger partial charge >= 0.3 is 5.97 Å². The Balaban J connectivity index is 1.57. The van der Waals surface area contributed by atoms with Crippen LogP contribution in [0.4, 0.5) is 0 Å². The second-order valence-electron chi connectivity index (χ2n) is 7.82. The minimum atomic E-state index is -0.427. The van der Waals surface area contributed by atoms with Crippen molar-refractivity contribution in [2.24, 2.45) is 11.3 Å². The fourth-order valence-electron chi connectivity index (χ4n) is 3.14. The van der Waals surface area contributed by atoms with Gasteiger partial charge in [-0.15, -0.1) is 5.10 Å². The fourth-order valence-corrected chi connectivity index (χ4v) is 3.14. The van der Waals surface area contributed by atoms with Crippen LogP contribution in [0, 0.1) is 11.3 Å². The zero-order valence-corrected chi connectivity index (χ0v) is 15.8. The number of rotatable bonds is 3. The van der Waals surface area contributed by atoms with Crippen LogP contribution in [-0.4, -0.2) is 44.9 Å². The first-order valence-electron chi connectivity index (χ1n) is 9.06. The number of amides is 1. The molecule has 1 aromatic heterocycles. The second-order valence-corrected chi connectivity index (χ2v) is 7.82. The minimum absolute atomic E-state index is 0.0901. The topological polar surface area (TPSA) is 94.4 Å². The molecule has 2 aromatic rings. The molecular weight excluding hydrogens is 348 g/mol. The van der Waals surface area contributed by atoms with Gasteiger partial charge in [0.2, 0.25) is 5.91 Å². The van der Waals surface area contributed by atoms with Crippen LogP contribution in [0.1, 0.15) is 33.6 Å². The largest absolute Gasteiger partial charge is 0.442 e. The number of fused-ring (bicyclic) bond motifs is 1. The fraction of sp³-hybridized carbons (Fsp3) is 0.526. The summed E-state index contributed by atoms with van der Waals surface area (Å²) in [6.45, 7) is 6.46. The SMILES string of the molecule is CC(C)(C)C(=O)N1CCC(C(=O)OCn2nnc3ccccc3c2=O)CC1. The Morgan fingerprint density at radius 2 is 1.85 bits per heavy atom. The van der Waals surface area contributed by atoms with Crippen LogP contribution in [0.3, 0.4) is 0 Å². The zero-order chi connectivity index (χ0) is 19.6. The van der Waals surface area contributed by atoms with E-state index in [0.717, 1.165) is 4.68 Å². The van der Waals surface area contributed by atoms with E-state index in [1.165, 1.54) is 0 Å². The smallest absolute Gasteiger partial charge is 0.310 e. The van der Waals surface area contributed by atoms with Crippen molar-refractivity contribution >= 4 is 22.8 Å². The van der Waals surface area contributed by atoms with E-state index in [0.29, 0.717) is 36.8 Å². The van der Waals surface area contributed by atoms with Crippen LogP contribution in [0.2, 0.25) is 0 Å². The van der Waals surface area contributed by atoms with Gasteiger partial charge in [-0.1, -0.05) is 38.1 Å². The first kappa shape index (κ1) is 19.0. The lowest BCUT2D eigenvalue weighted by Gasteiger charge is -2.34. The van der Waals surface area contributed by atoms with Gasteiger partial charge in [-0.2, -0.15) is 4.68 Å². The predicted octanol–water partition coefficient (Wildman–Crippen LogP) is 1.58. The quantitative estimate of drug-likeness (QED) is 0.759. The summed E-state index contributed by atoms with van der Waals surface area (Å²) in [5.41, 5.74) is -0.275. The Bertz CT molecular complexity index is 908. The monoisotopic (exact) mass is 372 g/mol. The summed E-state index contributed by atoms with van der Waals surface area (Å²) < 4.78 is 6.32. The number of esters is 1. The van der Waals surface area contributed by atoms with E-state index in [1.54, 1.807) is 29.2 Å². The Morgan fingerprint density at radius 1 is 1.19 bits per heavy atom. The summed E-state index contributed by atoms with van der Waals surface area (Å²) in [5.74, 6) is -0.565. The average molecular weight is 372 g/mol. The van der Waals surface area contributed by atoms with Crippen molar-refractivity contribution in [2.45, 2.75) is 40.3 Å². The number of carbonyl (C=O) groups is 2. The molecule has 144 valence electrons. The highest BCUT2D eigenvalue weighted by Crippen LogP contribution is 2.24. The first-order chi connectivity index (χ1) is 12.8. The van der Waals surface area contributed by atoms with E-state index in [2.05, 4.69) is 10.3 Å². The number of carbonyl (C=O) groups excluding carboxylic acids is 2. The molecule has 1 saturated heterocycles. The van der Waals surface area contributed by atoms with E-state index in [1.807, 2.05) is 20.8 Å². The summed E-state index contributed by atoms with van der Waals surface area (Å²) in [6, 6.07) is 6.88. The third-order valence-electron chi connectivity index (χ3n) is 4.72. The minimum Gasteiger partial charge on any atom is -0.442 e. The molecular formula is C19H24N4O4. The summed E-state index contributed by atoms with van der Waals surface area (Å²) in [6.07, 6.45) is 1.11. The zero-order valence-electron chi connectivity index (χ0n) is 15.8. The molecule has 1 fully saturated rings. The van der Waals surface area contributed by atoms with Gasteiger partial charge in [0.1, 0.15) is 5.52 Å². The maximum atomic E-state index is 12.4. The maximum Gasteiger partial charge on any atom is 0.310 e. The van der Waals surface area contributed by atoms with Gasteiger partial charge < -0.3 is 9.64 Å². The van der Waals surface area contributed by atoms with Gasteiger partial charge in [-0.25, -0.2) is 0 Å². The summed E-state index contributed by atoms with van der Waals surface area (Å²) in [7, 11) is 0. The number of hydrogen-bond acceptors (Lipinski definition) is 6. The summed E-state index contributed by atoms with van der Waals surface area (Å²) >= 11 is 0. The van der Waals surface area contributed by atoms with Crippen molar-refractivity contribution in [1.82, 2.24) is 19.9 Å². The van der Waals surface area contributed by atoms with Crippen LogP contribution >= 0.6 is 0 Å². The Labute approximate surface area is 157 Å². The van der Waals surface area contributed by atoms with Crippen LogP contribution < -0.4 is 5.56 Å². The van der Waals surface area contributed by atoms with Gasteiger partial charge in [-0.3, -0.25) is 14.4 Å². The molecule has 0 atom stereocenters. The van der Waals surface area contributed by atoms with E-state index in [-0.39, 0.29) is 30.1 Å². The van der Waals surface area contributed by atoms with Crippen molar-refractivity contribution in [3.05, 3.63) is 34.6 Å². The van der Waals surface area contributed by atoms with Crippen molar-refractivity contribution in [3.8, 4) is 0 Å². The molecule has 0 saturated carbocycles. The first-order valence-corrected chi connectivity index (χ1v) is 9.06. The van der Waals surface area contributed by atoms with Gasteiger partial charge in [0, 0.05) is 18.5 Å². The maximum absolute atomic E-state index is 12.4. The molecule has 0 radical (unpaired) electrons. The van der Waals surface area contributed by atoms with Gasteiger partial charge in [0.05, 0.1) is 11.3 Å². The lowest BCUT2D eigenvalue weighted by atomic mass is 9.91. The molecule has 0 bridgehead atoms. The number of benzene rings is 1. The normalized spacial score (nSPS) is 15.7. The van der Waals surface area contributed by atoms with Crippen LogP contribution in [-0.2, 0) is 21.1 Å². The van der Waals surface area contributed by atoms with Crippen molar-refractivity contribution in [2.75, 3.05) is 13.1 Å². The predicted molar refractivity (Wildman–Crippen MR) is 98.6 cm³/mol. The highest BCUT2D eigenvalue weighted by Gasteiger charge is 2.33. The van der Waals surface area contributed by atoms with Crippen molar-refractivity contribution in [3.63, 3.8) is 0 Å². The third-order valence-corrected chi connectivity index (χ3v) is 4.72. The molecule has 0 spiro atoms. The van der Waals surface area contributed by atoms with Crippen molar-refractivity contribution in [1.29, 1.82) is 0 Å². The second kappa shape index (κ2) is 7.46. The number of hydrogen-bond donors (Lipinski definition) is 0.